The first-order valence-electron chi connectivity index (χ1n) is 13.1. The van der Waals surface area contributed by atoms with E-state index in [-0.39, 0.29) is 6.09 Å². The highest BCUT2D eigenvalue weighted by molar-refractivity contribution is 9.10. The number of carbonyl (C=O) groups excluding carboxylic acids is 1. The summed E-state index contributed by atoms with van der Waals surface area (Å²) in [5.41, 5.74) is 4.81. The Labute approximate surface area is 235 Å². The highest BCUT2D eigenvalue weighted by Crippen LogP contribution is 2.18. The Balaban J connectivity index is 0.000000304. The summed E-state index contributed by atoms with van der Waals surface area (Å²) < 4.78 is 16.7. The first-order valence-corrected chi connectivity index (χ1v) is 13.9. The molecule has 204 valence electrons. The number of rotatable bonds is 9. The Morgan fingerprint density at radius 3 is 1.95 bits per heavy atom. The van der Waals surface area contributed by atoms with E-state index in [2.05, 4.69) is 57.2 Å². The van der Waals surface area contributed by atoms with Gasteiger partial charge in [0, 0.05) is 50.6 Å². The van der Waals surface area contributed by atoms with Crippen molar-refractivity contribution < 1.29 is 19.0 Å². The number of benzene rings is 3. The summed E-state index contributed by atoms with van der Waals surface area (Å²) >= 11 is 3.38. The molecule has 7 heteroatoms. The van der Waals surface area contributed by atoms with Crippen LogP contribution in [0.2, 0.25) is 0 Å². The number of anilines is 1. The molecule has 1 amide bonds. The lowest BCUT2D eigenvalue weighted by molar-refractivity contribution is 0.0986. The van der Waals surface area contributed by atoms with Crippen molar-refractivity contribution in [3.8, 4) is 0 Å². The fraction of sp³-hybridized carbons (Fsp3) is 0.387. The summed E-state index contributed by atoms with van der Waals surface area (Å²) in [6.07, 6.45) is 2.63. The van der Waals surface area contributed by atoms with Crippen LogP contribution in [0.5, 0.6) is 0 Å². The lowest BCUT2D eigenvalue weighted by atomic mass is 10.1. The Morgan fingerprint density at radius 2 is 1.34 bits per heavy atom. The van der Waals surface area contributed by atoms with E-state index in [0.29, 0.717) is 13.2 Å². The average molecular weight is 584 g/mol. The zero-order chi connectivity index (χ0) is 27.0. The van der Waals surface area contributed by atoms with Crippen LogP contribution in [0.15, 0.2) is 83.3 Å². The van der Waals surface area contributed by atoms with Gasteiger partial charge in [-0.25, -0.2) is 4.79 Å². The van der Waals surface area contributed by atoms with Crippen LogP contribution in [0.1, 0.15) is 23.1 Å². The molecule has 0 aliphatic carbocycles. The van der Waals surface area contributed by atoms with Crippen molar-refractivity contribution in [3.63, 3.8) is 0 Å². The van der Waals surface area contributed by atoms with E-state index in [0.717, 1.165) is 62.1 Å². The molecule has 0 bridgehead atoms. The van der Waals surface area contributed by atoms with E-state index in [1.165, 1.54) is 16.8 Å². The lowest BCUT2D eigenvalue weighted by Gasteiger charge is -2.23. The van der Waals surface area contributed by atoms with Gasteiger partial charge in [0.2, 0.25) is 0 Å². The van der Waals surface area contributed by atoms with E-state index in [4.69, 9.17) is 14.2 Å². The Bertz CT molecular complexity index is 1060. The molecule has 3 aromatic carbocycles. The zero-order valence-electron chi connectivity index (χ0n) is 22.5. The summed E-state index contributed by atoms with van der Waals surface area (Å²) in [6.45, 7) is 5.03. The number of hydrogen-bond acceptors (Lipinski definition) is 5. The van der Waals surface area contributed by atoms with Crippen LogP contribution in [0, 0.1) is 0 Å². The minimum absolute atomic E-state index is 0.226. The molecule has 0 aromatic heterocycles. The van der Waals surface area contributed by atoms with Gasteiger partial charge in [-0.3, -0.25) is 0 Å². The number of halogens is 1. The molecular formula is C31H39BrN2O4. The average Bonchev–Trinajstić information content (AvgIpc) is 3.22. The van der Waals surface area contributed by atoms with Gasteiger partial charge < -0.3 is 24.0 Å². The van der Waals surface area contributed by atoms with E-state index in [1.807, 2.05) is 47.4 Å². The van der Waals surface area contributed by atoms with Crippen molar-refractivity contribution >= 4 is 27.7 Å². The number of carbonyl (C=O) groups is 1. The monoisotopic (exact) mass is 582 g/mol. The summed E-state index contributed by atoms with van der Waals surface area (Å²) in [5, 5.41) is 0. The standard InChI is InChI=1S/C22H28N2O3.C9H11BrO/c1-26-17-12-19-8-10-21(11-9-19)23-13-5-14-24(16-15-23)22(25)27-18-20-6-3-2-4-7-20;1-11-7-6-8-2-4-9(10)5-3-8/h2-4,6-11H,5,12-18H2,1H3;2-5H,6-7H2,1H3. The topological polar surface area (TPSA) is 51.2 Å². The zero-order valence-corrected chi connectivity index (χ0v) is 24.1. The predicted molar refractivity (Wildman–Crippen MR) is 157 cm³/mol. The molecule has 0 atom stereocenters. The van der Waals surface area contributed by atoms with Crippen molar-refractivity contribution in [2.75, 3.05) is 58.5 Å². The SMILES string of the molecule is COCCc1ccc(Br)cc1.COCCc1ccc(N2CCCN(C(=O)OCc3ccccc3)CC2)cc1. The first-order chi connectivity index (χ1) is 18.6. The van der Waals surface area contributed by atoms with Gasteiger partial charge in [0.1, 0.15) is 6.61 Å². The molecule has 0 spiro atoms. The van der Waals surface area contributed by atoms with E-state index < -0.39 is 0 Å². The second kappa shape index (κ2) is 16.9. The molecule has 0 unspecified atom stereocenters. The number of hydrogen-bond donors (Lipinski definition) is 0. The van der Waals surface area contributed by atoms with Gasteiger partial charge in [-0.05, 0) is 60.2 Å². The summed E-state index contributed by atoms with van der Waals surface area (Å²) in [6, 6.07) is 26.7. The molecule has 6 nitrogen and oxygen atoms in total. The van der Waals surface area contributed by atoms with Gasteiger partial charge in [0.25, 0.3) is 0 Å². The summed E-state index contributed by atoms with van der Waals surface area (Å²) in [7, 11) is 3.45. The van der Waals surface area contributed by atoms with E-state index in [1.54, 1.807) is 14.2 Å². The normalized spacial score (nSPS) is 13.3. The first kappa shape index (κ1) is 29.7. The number of nitrogens with zero attached hydrogens (tertiary/aromatic N) is 2. The third kappa shape index (κ3) is 10.5. The van der Waals surface area contributed by atoms with Crippen molar-refractivity contribution in [1.29, 1.82) is 0 Å². The number of amides is 1. The van der Waals surface area contributed by atoms with E-state index in [9.17, 15) is 4.79 Å². The maximum atomic E-state index is 12.4. The molecule has 1 fully saturated rings. The Morgan fingerprint density at radius 1 is 0.737 bits per heavy atom. The molecule has 0 saturated carbocycles. The van der Waals surface area contributed by atoms with Crippen molar-refractivity contribution in [3.05, 3.63) is 100 Å². The van der Waals surface area contributed by atoms with Gasteiger partial charge in [-0.15, -0.1) is 0 Å². The highest BCUT2D eigenvalue weighted by atomic mass is 79.9. The second-order valence-electron chi connectivity index (χ2n) is 9.15. The molecule has 0 radical (unpaired) electrons. The third-order valence-corrected chi connectivity index (χ3v) is 6.89. The van der Waals surface area contributed by atoms with Crippen molar-refractivity contribution in [1.82, 2.24) is 4.90 Å². The molecule has 0 N–H and O–H groups in total. The van der Waals surface area contributed by atoms with Crippen LogP contribution in [0.25, 0.3) is 0 Å². The molecule has 1 heterocycles. The molecular weight excluding hydrogens is 544 g/mol. The van der Waals surface area contributed by atoms with Crippen LogP contribution < -0.4 is 4.90 Å². The Hall–Kier alpha value is -2.87. The van der Waals surface area contributed by atoms with Crippen molar-refractivity contribution in [2.24, 2.45) is 0 Å². The second-order valence-corrected chi connectivity index (χ2v) is 10.1. The molecule has 1 aliphatic heterocycles. The molecule has 38 heavy (non-hydrogen) atoms. The number of methoxy groups -OCH3 is 2. The third-order valence-electron chi connectivity index (χ3n) is 6.36. The van der Waals surface area contributed by atoms with Crippen LogP contribution in [0.4, 0.5) is 10.5 Å². The van der Waals surface area contributed by atoms with Crippen LogP contribution in [-0.4, -0.2) is 64.6 Å². The summed E-state index contributed by atoms with van der Waals surface area (Å²) in [5.74, 6) is 0. The lowest BCUT2D eigenvalue weighted by Crippen LogP contribution is -2.35. The maximum absolute atomic E-state index is 12.4. The molecule has 1 aliphatic rings. The van der Waals surface area contributed by atoms with Gasteiger partial charge in [-0.1, -0.05) is 70.5 Å². The molecule has 3 aromatic rings. The quantitative estimate of drug-likeness (QED) is 0.294. The fourth-order valence-electron chi connectivity index (χ4n) is 4.13. The van der Waals surface area contributed by atoms with Gasteiger partial charge >= 0.3 is 6.09 Å². The van der Waals surface area contributed by atoms with Crippen LogP contribution in [0.3, 0.4) is 0 Å². The van der Waals surface area contributed by atoms with Gasteiger partial charge in [-0.2, -0.15) is 0 Å². The minimum atomic E-state index is -0.226. The fourth-order valence-corrected chi connectivity index (χ4v) is 4.40. The largest absolute Gasteiger partial charge is 0.445 e. The maximum Gasteiger partial charge on any atom is 0.410 e. The van der Waals surface area contributed by atoms with Crippen molar-refractivity contribution in [2.45, 2.75) is 25.9 Å². The molecule has 1 saturated heterocycles. The summed E-state index contributed by atoms with van der Waals surface area (Å²) in [4.78, 5) is 16.5. The Kier molecular flexibility index (Phi) is 13.2. The highest BCUT2D eigenvalue weighted by Gasteiger charge is 2.20. The van der Waals surface area contributed by atoms with E-state index >= 15 is 0 Å². The smallest absolute Gasteiger partial charge is 0.410 e. The number of ether oxygens (including phenoxy) is 3. The molecule has 4 rings (SSSR count). The van der Waals surface area contributed by atoms with Gasteiger partial charge in [0.05, 0.1) is 13.2 Å². The minimum Gasteiger partial charge on any atom is -0.445 e. The van der Waals surface area contributed by atoms with Crippen LogP contribution in [-0.2, 0) is 33.7 Å². The predicted octanol–water partition coefficient (Wildman–Crippen LogP) is 6.36. The van der Waals surface area contributed by atoms with Crippen LogP contribution >= 0.6 is 15.9 Å². The van der Waals surface area contributed by atoms with Gasteiger partial charge in [0.15, 0.2) is 0 Å².